The molecule has 0 atom stereocenters. The number of hydrogen-bond donors (Lipinski definition) is 1. The monoisotopic (exact) mass is 232 g/mol. The third-order valence-electron chi connectivity index (χ3n) is 2.16. The maximum absolute atomic E-state index is 13.1. The van der Waals surface area contributed by atoms with Gasteiger partial charge in [-0.1, -0.05) is 6.07 Å². The van der Waals surface area contributed by atoms with Crippen LogP contribution < -0.4 is 5.73 Å². The Morgan fingerprint density at radius 3 is 2.44 bits per heavy atom. The van der Waals surface area contributed by atoms with Crippen molar-refractivity contribution in [2.75, 3.05) is 13.6 Å². The van der Waals surface area contributed by atoms with Gasteiger partial charge < -0.3 is 5.73 Å². The van der Waals surface area contributed by atoms with Gasteiger partial charge in [-0.25, -0.2) is 13.2 Å². The van der Waals surface area contributed by atoms with Crippen LogP contribution in [0.25, 0.3) is 0 Å². The highest BCUT2D eigenvalue weighted by Gasteiger charge is 2.09. The van der Waals surface area contributed by atoms with E-state index in [1.165, 1.54) is 17.0 Å². The minimum Gasteiger partial charge on any atom is -0.326 e. The molecule has 1 rings (SSSR count). The minimum absolute atomic E-state index is 0.239. The van der Waals surface area contributed by atoms with Crippen LogP contribution in [0.5, 0.6) is 0 Å². The predicted molar refractivity (Wildman–Crippen MR) is 56.6 cm³/mol. The fourth-order valence-electron chi connectivity index (χ4n) is 1.54. The summed E-state index contributed by atoms with van der Waals surface area (Å²) in [6.07, 6.45) is -2.38. The first-order valence-electron chi connectivity index (χ1n) is 4.96. The van der Waals surface area contributed by atoms with Crippen LogP contribution in [0, 0.1) is 5.82 Å². The molecule has 0 heterocycles. The minimum atomic E-state index is -2.38. The molecule has 0 saturated carbocycles. The van der Waals surface area contributed by atoms with Crippen molar-refractivity contribution in [2.24, 2.45) is 5.73 Å². The fourth-order valence-corrected chi connectivity index (χ4v) is 1.54. The van der Waals surface area contributed by atoms with Crippen molar-refractivity contribution in [3.8, 4) is 0 Å². The van der Waals surface area contributed by atoms with Crippen molar-refractivity contribution >= 4 is 0 Å². The summed E-state index contributed by atoms with van der Waals surface area (Å²) in [7, 11) is 1.57. The summed E-state index contributed by atoms with van der Waals surface area (Å²) in [5, 5.41) is 0. The first kappa shape index (κ1) is 13.0. The van der Waals surface area contributed by atoms with E-state index in [0.717, 1.165) is 0 Å². The maximum Gasteiger partial charge on any atom is 0.251 e. The molecule has 0 bridgehead atoms. The van der Waals surface area contributed by atoms with Gasteiger partial charge in [-0.2, -0.15) is 0 Å². The molecule has 2 nitrogen and oxygen atoms in total. The van der Waals surface area contributed by atoms with Crippen LogP contribution in [-0.4, -0.2) is 24.9 Å². The number of nitrogens with zero attached hydrogens (tertiary/aromatic N) is 1. The normalized spacial score (nSPS) is 11.4. The average Bonchev–Trinajstić information content (AvgIpc) is 2.14. The Hall–Kier alpha value is -1.07. The van der Waals surface area contributed by atoms with E-state index in [2.05, 4.69) is 0 Å². The Morgan fingerprint density at radius 1 is 1.25 bits per heavy atom. The zero-order chi connectivity index (χ0) is 12.1. The molecule has 0 spiro atoms. The van der Waals surface area contributed by atoms with Crippen molar-refractivity contribution in [2.45, 2.75) is 19.5 Å². The Balaban J connectivity index is 2.69. The van der Waals surface area contributed by atoms with E-state index in [1.807, 2.05) is 0 Å². The standard InChI is InChI=1S/C11H15F3N2/c1-16(7-11(13)14)6-9-2-8(5-15)3-10(12)4-9/h2-4,11H,5-7,15H2,1H3. The van der Waals surface area contributed by atoms with Gasteiger partial charge >= 0.3 is 0 Å². The zero-order valence-corrected chi connectivity index (χ0v) is 9.09. The number of rotatable bonds is 5. The summed E-state index contributed by atoms with van der Waals surface area (Å²) in [6, 6.07) is 4.41. The van der Waals surface area contributed by atoms with E-state index in [9.17, 15) is 13.2 Å². The molecule has 0 aromatic heterocycles. The molecular formula is C11H15F3N2. The molecule has 0 fully saturated rings. The first-order valence-corrected chi connectivity index (χ1v) is 4.96. The van der Waals surface area contributed by atoms with Gasteiger partial charge in [0.05, 0.1) is 6.54 Å². The van der Waals surface area contributed by atoms with Crippen molar-refractivity contribution in [1.82, 2.24) is 4.90 Å². The molecule has 0 unspecified atom stereocenters. The van der Waals surface area contributed by atoms with Gasteiger partial charge in [0, 0.05) is 13.1 Å². The molecule has 0 aliphatic rings. The molecule has 0 aliphatic carbocycles. The van der Waals surface area contributed by atoms with Gasteiger partial charge in [-0.05, 0) is 30.3 Å². The molecular weight excluding hydrogens is 217 g/mol. The summed E-state index contributed by atoms with van der Waals surface area (Å²) in [4.78, 5) is 1.44. The molecule has 2 N–H and O–H groups in total. The van der Waals surface area contributed by atoms with E-state index < -0.39 is 6.43 Å². The van der Waals surface area contributed by atoms with Gasteiger partial charge in [0.1, 0.15) is 5.82 Å². The smallest absolute Gasteiger partial charge is 0.251 e. The summed E-state index contributed by atoms with van der Waals surface area (Å²) in [5.41, 5.74) is 6.72. The van der Waals surface area contributed by atoms with Crippen LogP contribution >= 0.6 is 0 Å². The quantitative estimate of drug-likeness (QED) is 0.841. The third kappa shape index (κ3) is 4.20. The third-order valence-corrected chi connectivity index (χ3v) is 2.16. The maximum atomic E-state index is 13.1. The second kappa shape index (κ2) is 5.86. The second-order valence-corrected chi connectivity index (χ2v) is 3.76. The van der Waals surface area contributed by atoms with Crippen molar-refractivity contribution in [3.63, 3.8) is 0 Å². The van der Waals surface area contributed by atoms with Crippen LogP contribution in [0.1, 0.15) is 11.1 Å². The highest BCUT2D eigenvalue weighted by atomic mass is 19.3. The Labute approximate surface area is 92.9 Å². The molecule has 16 heavy (non-hydrogen) atoms. The lowest BCUT2D eigenvalue weighted by molar-refractivity contribution is 0.0975. The highest BCUT2D eigenvalue weighted by molar-refractivity contribution is 5.24. The van der Waals surface area contributed by atoms with Gasteiger partial charge in [-0.3, -0.25) is 4.90 Å². The number of nitrogens with two attached hydrogens (primary N) is 1. The summed E-state index contributed by atoms with van der Waals surface area (Å²) in [5.74, 6) is -0.386. The molecule has 1 aromatic rings. The lowest BCUT2D eigenvalue weighted by Crippen LogP contribution is -2.24. The van der Waals surface area contributed by atoms with Crippen LogP contribution in [0.3, 0.4) is 0 Å². The van der Waals surface area contributed by atoms with E-state index in [0.29, 0.717) is 11.1 Å². The topological polar surface area (TPSA) is 29.3 Å². The van der Waals surface area contributed by atoms with Crippen molar-refractivity contribution in [3.05, 3.63) is 35.1 Å². The summed E-state index contributed by atoms with van der Waals surface area (Å²) >= 11 is 0. The lowest BCUT2D eigenvalue weighted by atomic mass is 10.1. The first-order chi connectivity index (χ1) is 7.51. The largest absolute Gasteiger partial charge is 0.326 e. The van der Waals surface area contributed by atoms with Crippen molar-refractivity contribution < 1.29 is 13.2 Å². The molecule has 0 radical (unpaired) electrons. The Morgan fingerprint density at radius 2 is 1.88 bits per heavy atom. The summed E-state index contributed by atoms with van der Waals surface area (Å²) in [6.45, 7) is 0.201. The van der Waals surface area contributed by atoms with Crippen LogP contribution in [0.2, 0.25) is 0 Å². The number of halogens is 3. The molecule has 0 saturated heterocycles. The lowest BCUT2D eigenvalue weighted by Gasteiger charge is -2.16. The number of alkyl halides is 2. The van der Waals surface area contributed by atoms with E-state index >= 15 is 0 Å². The molecule has 5 heteroatoms. The van der Waals surface area contributed by atoms with E-state index in [4.69, 9.17) is 5.73 Å². The van der Waals surface area contributed by atoms with Crippen LogP contribution in [-0.2, 0) is 13.1 Å². The predicted octanol–water partition coefficient (Wildman–Crippen LogP) is 1.98. The second-order valence-electron chi connectivity index (χ2n) is 3.76. The molecule has 0 aliphatic heterocycles. The Bertz CT molecular complexity index is 342. The van der Waals surface area contributed by atoms with Gasteiger partial charge in [0.2, 0.25) is 0 Å². The highest BCUT2D eigenvalue weighted by Crippen LogP contribution is 2.11. The number of benzene rings is 1. The average molecular weight is 232 g/mol. The molecule has 0 amide bonds. The SMILES string of the molecule is CN(Cc1cc(F)cc(CN)c1)CC(F)F. The van der Waals surface area contributed by atoms with Crippen LogP contribution in [0.15, 0.2) is 18.2 Å². The van der Waals surface area contributed by atoms with Gasteiger partial charge in [0.15, 0.2) is 0 Å². The van der Waals surface area contributed by atoms with Gasteiger partial charge in [0.25, 0.3) is 6.43 Å². The number of hydrogen-bond acceptors (Lipinski definition) is 2. The van der Waals surface area contributed by atoms with E-state index in [1.54, 1.807) is 13.1 Å². The zero-order valence-electron chi connectivity index (χ0n) is 9.09. The van der Waals surface area contributed by atoms with Crippen LogP contribution in [0.4, 0.5) is 13.2 Å². The van der Waals surface area contributed by atoms with E-state index in [-0.39, 0.29) is 25.5 Å². The van der Waals surface area contributed by atoms with Gasteiger partial charge in [-0.15, -0.1) is 0 Å². The summed E-state index contributed by atoms with van der Waals surface area (Å²) < 4.78 is 37.3. The molecule has 90 valence electrons. The Kier molecular flexibility index (Phi) is 4.76. The van der Waals surface area contributed by atoms with Crippen molar-refractivity contribution in [1.29, 1.82) is 0 Å². The molecule has 1 aromatic carbocycles. The fraction of sp³-hybridized carbons (Fsp3) is 0.455.